The Morgan fingerprint density at radius 2 is 1.94 bits per heavy atom. The number of likely N-dealkylation sites (tertiary alicyclic amines) is 1. The van der Waals surface area contributed by atoms with Gasteiger partial charge in [-0.15, -0.1) is 0 Å². The van der Waals surface area contributed by atoms with Gasteiger partial charge in [-0.1, -0.05) is 0 Å². The van der Waals surface area contributed by atoms with E-state index < -0.39 is 29.4 Å². The largest absolute Gasteiger partial charge is 0.419 e. The number of aryl methyl sites for hydroxylation is 1. The summed E-state index contributed by atoms with van der Waals surface area (Å²) in [6.45, 7) is 1.09. The zero-order chi connectivity index (χ0) is 24.4. The van der Waals surface area contributed by atoms with Crippen LogP contribution in [0.2, 0.25) is 0 Å². The minimum atomic E-state index is -4.89. The van der Waals surface area contributed by atoms with Gasteiger partial charge in [0.15, 0.2) is 11.6 Å². The summed E-state index contributed by atoms with van der Waals surface area (Å²) < 4.78 is 56.3. The van der Waals surface area contributed by atoms with E-state index in [1.807, 2.05) is 17.8 Å². The van der Waals surface area contributed by atoms with Gasteiger partial charge in [-0.25, -0.2) is 18.7 Å². The highest BCUT2D eigenvalue weighted by molar-refractivity contribution is 6.00. The monoisotopic (exact) mass is 479 g/mol. The lowest BCUT2D eigenvalue weighted by Gasteiger charge is -2.60. The number of pyridine rings is 1. The van der Waals surface area contributed by atoms with Crippen LogP contribution in [0, 0.1) is 11.2 Å². The number of urea groups is 1. The standard InChI is InChI=1S/C21H21F4N7O2/c1-29-5-6-32-17(29)13(9-27-32)18(33)31-10-20(11-31)7-12(8-20)30(2)19(34)28-16-15(22)14(3-4-26-16)21(23,24)25/h3-6,9,12H,7-8,10-11H2,1-2H3,(H,26,28,34). The number of alkyl halides is 3. The van der Waals surface area contributed by atoms with Gasteiger partial charge in [0.2, 0.25) is 0 Å². The first-order valence-electron chi connectivity index (χ1n) is 10.5. The number of imidazole rings is 1. The zero-order valence-corrected chi connectivity index (χ0v) is 18.3. The molecule has 2 aliphatic rings. The molecule has 0 bridgehead atoms. The number of hydrogen-bond donors (Lipinski definition) is 1. The van der Waals surface area contributed by atoms with Gasteiger partial charge < -0.3 is 14.4 Å². The number of fused-ring (bicyclic) bond motifs is 1. The maximum Gasteiger partial charge on any atom is 0.419 e. The lowest BCUT2D eigenvalue weighted by Crippen LogP contribution is -2.67. The number of hydrogen-bond acceptors (Lipinski definition) is 4. The second-order valence-electron chi connectivity index (χ2n) is 9.02. The van der Waals surface area contributed by atoms with Crippen LogP contribution in [-0.2, 0) is 13.2 Å². The number of halogens is 4. The smallest absolute Gasteiger partial charge is 0.337 e. The van der Waals surface area contributed by atoms with E-state index in [1.165, 1.54) is 11.9 Å². The average molecular weight is 479 g/mol. The molecule has 2 fully saturated rings. The molecule has 1 saturated heterocycles. The van der Waals surface area contributed by atoms with Crippen molar-refractivity contribution in [3.8, 4) is 0 Å². The number of nitrogens with one attached hydrogen (secondary N) is 1. The molecular weight excluding hydrogens is 458 g/mol. The number of nitrogens with zero attached hydrogens (tertiary/aromatic N) is 6. The molecule has 1 spiro atoms. The Bertz CT molecular complexity index is 1280. The van der Waals surface area contributed by atoms with Gasteiger partial charge in [-0.3, -0.25) is 10.1 Å². The summed E-state index contributed by atoms with van der Waals surface area (Å²) in [5, 5.41) is 6.31. The highest BCUT2D eigenvalue weighted by atomic mass is 19.4. The van der Waals surface area contributed by atoms with Crippen molar-refractivity contribution in [1.82, 2.24) is 29.0 Å². The molecule has 9 nitrogen and oxygen atoms in total. The van der Waals surface area contributed by atoms with Crippen molar-refractivity contribution in [1.29, 1.82) is 0 Å². The number of carbonyl (C=O) groups is 2. The first-order valence-corrected chi connectivity index (χ1v) is 10.5. The molecule has 0 aromatic carbocycles. The molecule has 3 aromatic rings. The van der Waals surface area contributed by atoms with Crippen LogP contribution in [0.15, 0.2) is 30.9 Å². The fourth-order valence-corrected chi connectivity index (χ4v) is 4.86. The molecular formula is C21H21F4N7O2. The first-order chi connectivity index (χ1) is 16.0. The third-order valence-electron chi connectivity index (χ3n) is 6.73. The fraction of sp³-hybridized carbons (Fsp3) is 0.429. The van der Waals surface area contributed by atoms with E-state index >= 15 is 0 Å². The molecule has 1 N–H and O–H groups in total. The second kappa shape index (κ2) is 7.43. The Balaban J connectivity index is 1.17. The van der Waals surface area contributed by atoms with Crippen LogP contribution in [0.4, 0.5) is 28.2 Å². The Morgan fingerprint density at radius 1 is 1.24 bits per heavy atom. The highest BCUT2D eigenvalue weighted by Crippen LogP contribution is 2.50. The summed E-state index contributed by atoms with van der Waals surface area (Å²) in [7, 11) is 3.34. The maximum absolute atomic E-state index is 14.2. The molecule has 3 aromatic heterocycles. The number of amides is 3. The predicted molar refractivity (Wildman–Crippen MR) is 112 cm³/mol. The molecule has 13 heteroatoms. The van der Waals surface area contributed by atoms with E-state index in [2.05, 4.69) is 15.4 Å². The molecule has 1 aliphatic heterocycles. The second-order valence-corrected chi connectivity index (χ2v) is 9.02. The van der Waals surface area contributed by atoms with E-state index in [0.717, 1.165) is 6.20 Å². The topological polar surface area (TPSA) is 87.8 Å². The lowest BCUT2D eigenvalue weighted by molar-refractivity contribution is -0.140. The van der Waals surface area contributed by atoms with Gasteiger partial charge in [0.05, 0.1) is 11.8 Å². The van der Waals surface area contributed by atoms with Gasteiger partial charge in [0.25, 0.3) is 5.91 Å². The Labute approximate surface area is 190 Å². The molecule has 1 saturated carbocycles. The van der Waals surface area contributed by atoms with Crippen molar-refractivity contribution in [3.63, 3.8) is 0 Å². The molecule has 0 radical (unpaired) electrons. The highest BCUT2D eigenvalue weighted by Gasteiger charge is 2.55. The van der Waals surface area contributed by atoms with Gasteiger partial charge in [0, 0.05) is 57.2 Å². The summed E-state index contributed by atoms with van der Waals surface area (Å²) in [6, 6.07) is -0.410. The number of anilines is 1. The van der Waals surface area contributed by atoms with E-state index in [-0.39, 0.29) is 17.4 Å². The van der Waals surface area contributed by atoms with Crippen LogP contribution in [0.3, 0.4) is 0 Å². The van der Waals surface area contributed by atoms with Gasteiger partial charge in [-0.2, -0.15) is 18.3 Å². The predicted octanol–water partition coefficient (Wildman–Crippen LogP) is 2.99. The number of carbonyl (C=O) groups excluding carboxylic acids is 2. The summed E-state index contributed by atoms with van der Waals surface area (Å²) in [5.74, 6) is -2.50. The lowest BCUT2D eigenvalue weighted by atomic mass is 9.60. The first kappa shape index (κ1) is 22.2. The average Bonchev–Trinajstić information content (AvgIpc) is 3.29. The SMILES string of the molecule is CN(C(=O)Nc1nccc(C(F)(F)F)c1F)C1CC2(C1)CN(C(=O)c1cnn3ccn(C)c13)C2. The molecule has 34 heavy (non-hydrogen) atoms. The number of aromatic nitrogens is 4. The minimum Gasteiger partial charge on any atom is -0.337 e. The van der Waals surface area contributed by atoms with E-state index in [4.69, 9.17) is 0 Å². The molecule has 0 unspecified atom stereocenters. The van der Waals surface area contributed by atoms with E-state index in [9.17, 15) is 27.2 Å². The van der Waals surface area contributed by atoms with Crippen LogP contribution in [-0.4, -0.2) is 67.1 Å². The van der Waals surface area contributed by atoms with Crippen molar-refractivity contribution >= 4 is 23.4 Å². The van der Waals surface area contributed by atoms with Crippen LogP contribution in [0.25, 0.3) is 5.65 Å². The third-order valence-corrected chi connectivity index (χ3v) is 6.73. The molecule has 180 valence electrons. The molecule has 4 heterocycles. The van der Waals surface area contributed by atoms with Crippen LogP contribution >= 0.6 is 0 Å². The van der Waals surface area contributed by atoms with Crippen molar-refractivity contribution in [2.24, 2.45) is 12.5 Å². The molecule has 3 amide bonds. The minimum absolute atomic E-state index is 0.102. The van der Waals surface area contributed by atoms with Crippen molar-refractivity contribution in [2.45, 2.75) is 25.1 Å². The quantitative estimate of drug-likeness (QED) is 0.586. The van der Waals surface area contributed by atoms with Gasteiger partial charge in [0.1, 0.15) is 11.2 Å². The summed E-state index contributed by atoms with van der Waals surface area (Å²) in [5.41, 5.74) is -0.363. The Morgan fingerprint density at radius 3 is 2.62 bits per heavy atom. The zero-order valence-electron chi connectivity index (χ0n) is 18.3. The van der Waals surface area contributed by atoms with Crippen LogP contribution < -0.4 is 5.32 Å². The summed E-state index contributed by atoms with van der Waals surface area (Å²) in [4.78, 5) is 32.0. The summed E-state index contributed by atoms with van der Waals surface area (Å²) in [6.07, 6.45) is 2.29. The fourth-order valence-electron chi connectivity index (χ4n) is 4.86. The molecule has 5 rings (SSSR count). The van der Waals surface area contributed by atoms with E-state index in [1.54, 1.807) is 21.8 Å². The Kier molecular flexibility index (Phi) is 4.85. The summed E-state index contributed by atoms with van der Waals surface area (Å²) >= 11 is 0. The third kappa shape index (κ3) is 3.46. The van der Waals surface area contributed by atoms with Crippen molar-refractivity contribution in [3.05, 3.63) is 47.8 Å². The van der Waals surface area contributed by atoms with Crippen molar-refractivity contribution in [2.75, 3.05) is 25.5 Å². The van der Waals surface area contributed by atoms with Crippen LogP contribution in [0.5, 0.6) is 0 Å². The van der Waals surface area contributed by atoms with Gasteiger partial charge >= 0.3 is 12.2 Å². The Hall–Kier alpha value is -3.64. The van der Waals surface area contributed by atoms with Crippen LogP contribution in [0.1, 0.15) is 28.8 Å². The number of rotatable bonds is 3. The maximum atomic E-state index is 14.2. The van der Waals surface area contributed by atoms with E-state index in [0.29, 0.717) is 43.2 Å². The molecule has 0 atom stereocenters. The van der Waals surface area contributed by atoms with Gasteiger partial charge in [-0.05, 0) is 18.9 Å². The normalized spacial score (nSPS) is 17.5. The molecule has 1 aliphatic carbocycles. The van der Waals surface area contributed by atoms with Crippen molar-refractivity contribution < 1.29 is 27.2 Å².